The molecule has 0 aromatic carbocycles. The molecule has 0 spiro atoms. The maximum atomic E-state index is 12.0. The van der Waals surface area contributed by atoms with Crippen molar-refractivity contribution in [3.63, 3.8) is 0 Å². The minimum Gasteiger partial charge on any atom is -0.297 e. The predicted octanol–water partition coefficient (Wildman–Crippen LogP) is 2.33. The highest BCUT2D eigenvalue weighted by Gasteiger charge is 2.24. The van der Waals surface area contributed by atoms with E-state index >= 15 is 0 Å². The molecule has 0 aliphatic carbocycles. The molecule has 2 aromatic rings. The van der Waals surface area contributed by atoms with E-state index < -0.39 is 0 Å². The first-order chi connectivity index (χ1) is 9.18. The van der Waals surface area contributed by atoms with Crippen molar-refractivity contribution in [2.45, 2.75) is 47.2 Å². The first-order valence-electron chi connectivity index (χ1n) is 6.75. The zero-order valence-corrected chi connectivity index (χ0v) is 13.8. The molecule has 2 aromatic heterocycles. The molecule has 0 amide bonds. The third-order valence-electron chi connectivity index (χ3n) is 3.72. The molecule has 5 nitrogen and oxygen atoms in total. The molecule has 2 rings (SSSR count). The van der Waals surface area contributed by atoms with Crippen molar-refractivity contribution in [2.24, 2.45) is 5.41 Å². The Hall–Kier alpha value is -1.27. The molecular weight excluding hydrogens is 272 g/mol. The van der Waals surface area contributed by atoms with Gasteiger partial charge in [-0.3, -0.25) is 9.69 Å². The SMILES string of the molecule is Cc1nn2c(=O)cc(CN(C)[C@H](C)C(C)(C)C)nc2s1. The standard InChI is InChI=1S/C14H22N4OS/c1-9(14(3,4)5)17(6)8-11-7-12(19)18-13(15-11)20-10(2)16-18/h7,9H,8H2,1-6H3/t9-/m1/s1. The van der Waals surface area contributed by atoms with Gasteiger partial charge in [-0.2, -0.15) is 9.61 Å². The van der Waals surface area contributed by atoms with Crippen molar-refractivity contribution in [1.29, 1.82) is 0 Å². The fraction of sp³-hybridized carbons (Fsp3) is 0.643. The smallest absolute Gasteiger partial charge is 0.275 e. The second kappa shape index (κ2) is 5.26. The van der Waals surface area contributed by atoms with Gasteiger partial charge < -0.3 is 0 Å². The van der Waals surface area contributed by atoms with Gasteiger partial charge in [-0.15, -0.1) is 0 Å². The van der Waals surface area contributed by atoms with Crippen LogP contribution in [0.15, 0.2) is 10.9 Å². The van der Waals surface area contributed by atoms with Crippen molar-refractivity contribution in [3.05, 3.63) is 27.1 Å². The molecule has 0 aliphatic rings. The van der Waals surface area contributed by atoms with Crippen LogP contribution in [0, 0.1) is 12.3 Å². The van der Waals surface area contributed by atoms with Crippen LogP contribution in [0.5, 0.6) is 0 Å². The molecule has 0 aliphatic heterocycles. The number of rotatable bonds is 3. The molecule has 0 bridgehead atoms. The van der Waals surface area contributed by atoms with Crippen LogP contribution in [0.4, 0.5) is 0 Å². The van der Waals surface area contributed by atoms with Gasteiger partial charge >= 0.3 is 0 Å². The molecule has 6 heteroatoms. The minimum atomic E-state index is -0.105. The van der Waals surface area contributed by atoms with E-state index in [1.807, 2.05) is 6.92 Å². The molecule has 110 valence electrons. The number of hydrogen-bond donors (Lipinski definition) is 0. The van der Waals surface area contributed by atoms with Crippen molar-refractivity contribution < 1.29 is 0 Å². The highest BCUT2D eigenvalue weighted by Crippen LogP contribution is 2.23. The van der Waals surface area contributed by atoms with Crippen molar-refractivity contribution >= 4 is 16.3 Å². The number of aromatic nitrogens is 3. The normalized spacial score (nSPS) is 14.2. The van der Waals surface area contributed by atoms with Gasteiger partial charge in [0.1, 0.15) is 5.01 Å². The fourth-order valence-corrected chi connectivity index (χ4v) is 2.85. The molecule has 0 saturated carbocycles. The number of aryl methyl sites for hydroxylation is 1. The molecular formula is C14H22N4OS. The molecule has 0 unspecified atom stereocenters. The predicted molar refractivity (Wildman–Crippen MR) is 82.3 cm³/mol. The number of nitrogens with zero attached hydrogens (tertiary/aromatic N) is 4. The topological polar surface area (TPSA) is 50.5 Å². The van der Waals surface area contributed by atoms with E-state index in [4.69, 9.17) is 0 Å². The first-order valence-corrected chi connectivity index (χ1v) is 7.57. The zero-order valence-electron chi connectivity index (χ0n) is 13.0. The molecule has 2 heterocycles. The lowest BCUT2D eigenvalue weighted by Crippen LogP contribution is -2.39. The van der Waals surface area contributed by atoms with E-state index in [2.05, 4.69) is 49.7 Å². The number of fused-ring (bicyclic) bond motifs is 1. The maximum Gasteiger partial charge on any atom is 0.275 e. The third kappa shape index (κ3) is 3.07. The third-order valence-corrected chi connectivity index (χ3v) is 4.55. The molecule has 20 heavy (non-hydrogen) atoms. The van der Waals surface area contributed by atoms with Crippen LogP contribution in [-0.2, 0) is 6.54 Å². The van der Waals surface area contributed by atoms with E-state index in [1.165, 1.54) is 15.9 Å². The van der Waals surface area contributed by atoms with E-state index in [0.29, 0.717) is 17.5 Å². The summed E-state index contributed by atoms with van der Waals surface area (Å²) in [5.74, 6) is 0. The van der Waals surface area contributed by atoms with Gasteiger partial charge in [-0.1, -0.05) is 32.1 Å². The Labute approximate surface area is 123 Å². The molecule has 0 N–H and O–H groups in total. The molecule has 0 fully saturated rings. The Kier molecular flexibility index (Phi) is 3.97. The fourth-order valence-electron chi connectivity index (χ4n) is 2.09. The molecule has 0 radical (unpaired) electrons. The van der Waals surface area contributed by atoms with Gasteiger partial charge in [0.15, 0.2) is 0 Å². The second-order valence-electron chi connectivity index (χ2n) is 6.36. The maximum absolute atomic E-state index is 12.0. The number of hydrogen-bond acceptors (Lipinski definition) is 5. The highest BCUT2D eigenvalue weighted by molar-refractivity contribution is 7.16. The van der Waals surface area contributed by atoms with E-state index in [9.17, 15) is 4.79 Å². The lowest BCUT2D eigenvalue weighted by molar-refractivity contribution is 0.133. The summed E-state index contributed by atoms with van der Waals surface area (Å²) in [5.41, 5.74) is 0.887. The van der Waals surface area contributed by atoms with Gasteiger partial charge in [-0.05, 0) is 26.3 Å². The van der Waals surface area contributed by atoms with Crippen molar-refractivity contribution in [3.8, 4) is 0 Å². The lowest BCUT2D eigenvalue weighted by atomic mass is 9.87. The second-order valence-corrected chi connectivity index (χ2v) is 7.52. The Bertz CT molecular complexity index is 668. The zero-order chi connectivity index (χ0) is 15.1. The first kappa shape index (κ1) is 15.1. The summed E-state index contributed by atoms with van der Waals surface area (Å²) in [5, 5.41) is 5.00. The summed E-state index contributed by atoms with van der Waals surface area (Å²) < 4.78 is 1.37. The van der Waals surface area contributed by atoms with E-state index in [-0.39, 0.29) is 11.0 Å². The summed E-state index contributed by atoms with van der Waals surface area (Å²) in [4.78, 5) is 19.4. The van der Waals surface area contributed by atoms with Crippen LogP contribution < -0.4 is 5.56 Å². The summed E-state index contributed by atoms with van der Waals surface area (Å²) in [7, 11) is 2.07. The monoisotopic (exact) mass is 294 g/mol. The van der Waals surface area contributed by atoms with Crippen molar-refractivity contribution in [2.75, 3.05) is 7.05 Å². The van der Waals surface area contributed by atoms with Gasteiger partial charge in [0.2, 0.25) is 4.96 Å². The van der Waals surface area contributed by atoms with Crippen LogP contribution in [0.1, 0.15) is 38.4 Å². The quantitative estimate of drug-likeness (QED) is 0.872. The minimum absolute atomic E-state index is 0.105. The lowest BCUT2D eigenvalue weighted by Gasteiger charge is -2.35. The Morgan fingerprint density at radius 3 is 2.70 bits per heavy atom. The Morgan fingerprint density at radius 2 is 2.10 bits per heavy atom. The Balaban J connectivity index is 2.28. The Morgan fingerprint density at radius 1 is 1.45 bits per heavy atom. The van der Waals surface area contributed by atoms with E-state index in [1.54, 1.807) is 6.07 Å². The van der Waals surface area contributed by atoms with Crippen LogP contribution >= 0.6 is 11.3 Å². The summed E-state index contributed by atoms with van der Waals surface area (Å²) in [6.07, 6.45) is 0. The van der Waals surface area contributed by atoms with E-state index in [0.717, 1.165) is 10.7 Å². The van der Waals surface area contributed by atoms with Crippen LogP contribution in [0.2, 0.25) is 0 Å². The highest BCUT2D eigenvalue weighted by atomic mass is 32.1. The summed E-state index contributed by atoms with van der Waals surface area (Å²) in [6.45, 7) is 11.4. The largest absolute Gasteiger partial charge is 0.297 e. The average Bonchev–Trinajstić information content (AvgIpc) is 2.68. The molecule has 0 saturated heterocycles. The van der Waals surface area contributed by atoms with Gasteiger partial charge in [-0.25, -0.2) is 4.98 Å². The van der Waals surface area contributed by atoms with Crippen LogP contribution in [-0.4, -0.2) is 32.6 Å². The van der Waals surface area contributed by atoms with Crippen LogP contribution in [0.25, 0.3) is 4.96 Å². The average molecular weight is 294 g/mol. The molecule has 1 atom stereocenters. The van der Waals surface area contributed by atoms with Gasteiger partial charge in [0.05, 0.1) is 5.69 Å². The summed E-state index contributed by atoms with van der Waals surface area (Å²) in [6, 6.07) is 1.98. The van der Waals surface area contributed by atoms with Crippen molar-refractivity contribution in [1.82, 2.24) is 19.5 Å². The van der Waals surface area contributed by atoms with Crippen LogP contribution in [0.3, 0.4) is 0 Å². The summed E-state index contributed by atoms with van der Waals surface area (Å²) >= 11 is 1.44. The van der Waals surface area contributed by atoms with Gasteiger partial charge in [0.25, 0.3) is 5.56 Å². The van der Waals surface area contributed by atoms with Gasteiger partial charge in [0, 0.05) is 18.7 Å².